The maximum Gasteiger partial charge on any atom is 0.305 e. The van der Waals surface area contributed by atoms with Crippen molar-refractivity contribution < 1.29 is 14.7 Å². The lowest BCUT2D eigenvalue weighted by molar-refractivity contribution is -0.139. The second-order valence-corrected chi connectivity index (χ2v) is 3.33. The van der Waals surface area contributed by atoms with E-state index in [1.54, 1.807) is 4.90 Å². The van der Waals surface area contributed by atoms with Gasteiger partial charge in [-0.05, 0) is 7.05 Å². The van der Waals surface area contributed by atoms with Crippen LogP contribution in [0.25, 0.3) is 0 Å². The summed E-state index contributed by atoms with van der Waals surface area (Å²) in [5, 5.41) is 8.61. The molecule has 5 nitrogen and oxygen atoms in total. The van der Waals surface area contributed by atoms with Crippen LogP contribution in [0.5, 0.6) is 0 Å². The number of aliphatic carboxylic acids is 1. The van der Waals surface area contributed by atoms with Crippen molar-refractivity contribution >= 4 is 12.4 Å². The number of carboxylic acid groups (broad SMARTS) is 1. The first-order valence-corrected chi connectivity index (χ1v) is 4.25. The van der Waals surface area contributed by atoms with Gasteiger partial charge in [0, 0.05) is 25.7 Å². The molecule has 0 aromatic rings. The summed E-state index contributed by atoms with van der Waals surface area (Å²) >= 11 is 0. The van der Waals surface area contributed by atoms with Gasteiger partial charge in [-0.3, -0.25) is 14.5 Å². The first-order chi connectivity index (χ1) is 6.13. The van der Waals surface area contributed by atoms with Crippen LogP contribution in [0.15, 0.2) is 0 Å². The molecule has 0 aromatic carbocycles. The fourth-order valence-corrected chi connectivity index (χ4v) is 1.49. The highest BCUT2D eigenvalue weighted by Gasteiger charge is 2.25. The summed E-state index contributed by atoms with van der Waals surface area (Å²) in [4.78, 5) is 24.5. The number of piperazine rings is 1. The molecule has 0 aromatic heterocycles. The number of amides is 1. The molecule has 5 heteroatoms. The van der Waals surface area contributed by atoms with Crippen LogP contribution in [0.2, 0.25) is 0 Å². The summed E-state index contributed by atoms with van der Waals surface area (Å²) in [6.45, 7) is 1.96. The Bertz CT molecular complexity index is 208. The lowest BCUT2D eigenvalue weighted by Gasteiger charge is -2.36. The first kappa shape index (κ1) is 9.98. The quantitative estimate of drug-likeness (QED) is 0.588. The molecule has 0 bridgehead atoms. The molecule has 1 atom stereocenters. The molecule has 0 spiro atoms. The second-order valence-electron chi connectivity index (χ2n) is 3.33. The number of rotatable bonds is 3. The Morgan fingerprint density at radius 2 is 2.31 bits per heavy atom. The Labute approximate surface area is 76.9 Å². The van der Waals surface area contributed by atoms with E-state index in [1.165, 1.54) is 0 Å². The van der Waals surface area contributed by atoms with Gasteiger partial charge in [-0.2, -0.15) is 0 Å². The summed E-state index contributed by atoms with van der Waals surface area (Å²) < 4.78 is 0. The third-order valence-electron chi connectivity index (χ3n) is 2.37. The van der Waals surface area contributed by atoms with Crippen LogP contribution in [-0.4, -0.2) is 60.0 Å². The molecule has 0 aliphatic carbocycles. The van der Waals surface area contributed by atoms with E-state index < -0.39 is 5.97 Å². The minimum Gasteiger partial charge on any atom is -0.481 e. The summed E-state index contributed by atoms with van der Waals surface area (Å²) in [7, 11) is 1.88. The van der Waals surface area contributed by atoms with E-state index in [0.717, 1.165) is 13.0 Å². The largest absolute Gasteiger partial charge is 0.481 e. The highest BCUT2D eigenvalue weighted by atomic mass is 16.4. The molecule has 13 heavy (non-hydrogen) atoms. The fourth-order valence-electron chi connectivity index (χ4n) is 1.49. The van der Waals surface area contributed by atoms with Crippen molar-refractivity contribution in [2.24, 2.45) is 0 Å². The Hall–Kier alpha value is -1.10. The number of hydrogen-bond acceptors (Lipinski definition) is 3. The lowest BCUT2D eigenvalue weighted by Crippen LogP contribution is -2.51. The van der Waals surface area contributed by atoms with Crippen LogP contribution in [0, 0.1) is 0 Å². The molecule has 1 rings (SSSR count). The Kier molecular flexibility index (Phi) is 3.25. The van der Waals surface area contributed by atoms with Gasteiger partial charge in [0.1, 0.15) is 0 Å². The van der Waals surface area contributed by atoms with E-state index in [0.29, 0.717) is 13.1 Å². The summed E-state index contributed by atoms with van der Waals surface area (Å²) in [6.07, 6.45) is 0.878. The molecule has 1 aliphatic heterocycles. The van der Waals surface area contributed by atoms with Gasteiger partial charge < -0.3 is 10.0 Å². The van der Waals surface area contributed by atoms with Crippen LogP contribution in [0.3, 0.4) is 0 Å². The Balaban J connectivity index is 2.49. The van der Waals surface area contributed by atoms with Crippen molar-refractivity contribution in [1.82, 2.24) is 9.80 Å². The fraction of sp³-hybridized carbons (Fsp3) is 0.750. The van der Waals surface area contributed by atoms with Crippen LogP contribution in [-0.2, 0) is 9.59 Å². The third kappa shape index (κ3) is 2.69. The predicted molar refractivity (Wildman–Crippen MR) is 46.3 cm³/mol. The molecular formula is C8H14N2O3. The molecule has 1 amide bonds. The minimum absolute atomic E-state index is 0.0450. The summed E-state index contributed by atoms with van der Waals surface area (Å²) in [5.74, 6) is -0.815. The number of carboxylic acids is 1. The SMILES string of the molecule is CN1CCN(C=O)CC1CC(=O)O. The highest BCUT2D eigenvalue weighted by molar-refractivity contribution is 5.67. The first-order valence-electron chi connectivity index (χ1n) is 4.25. The molecule has 1 aliphatic rings. The van der Waals surface area contributed by atoms with Crippen molar-refractivity contribution in [3.8, 4) is 0 Å². The van der Waals surface area contributed by atoms with Gasteiger partial charge in [-0.1, -0.05) is 0 Å². The van der Waals surface area contributed by atoms with E-state index >= 15 is 0 Å². The lowest BCUT2D eigenvalue weighted by atomic mass is 10.1. The van der Waals surface area contributed by atoms with Gasteiger partial charge in [0.15, 0.2) is 0 Å². The zero-order valence-corrected chi connectivity index (χ0v) is 7.64. The van der Waals surface area contributed by atoms with Crippen LogP contribution >= 0.6 is 0 Å². The average molecular weight is 186 g/mol. The predicted octanol–water partition coefficient (Wildman–Crippen LogP) is -0.766. The van der Waals surface area contributed by atoms with Crippen LogP contribution in [0.1, 0.15) is 6.42 Å². The van der Waals surface area contributed by atoms with E-state index in [9.17, 15) is 9.59 Å². The molecule has 1 saturated heterocycles. The minimum atomic E-state index is -0.815. The zero-order valence-electron chi connectivity index (χ0n) is 7.64. The standard InChI is InChI=1S/C8H14N2O3/c1-9-2-3-10(6-11)5-7(9)4-8(12)13/h6-7H,2-5H2,1H3,(H,12,13). The highest BCUT2D eigenvalue weighted by Crippen LogP contribution is 2.09. The van der Waals surface area contributed by atoms with E-state index in [4.69, 9.17) is 5.11 Å². The average Bonchev–Trinajstić information content (AvgIpc) is 2.08. The van der Waals surface area contributed by atoms with Gasteiger partial charge in [-0.15, -0.1) is 0 Å². The van der Waals surface area contributed by atoms with Crippen LogP contribution in [0.4, 0.5) is 0 Å². The molecule has 0 radical (unpaired) electrons. The van der Waals surface area contributed by atoms with Crippen molar-refractivity contribution in [2.45, 2.75) is 12.5 Å². The summed E-state index contributed by atoms with van der Waals surface area (Å²) in [6, 6.07) is -0.0450. The Morgan fingerprint density at radius 1 is 1.62 bits per heavy atom. The maximum atomic E-state index is 10.5. The van der Waals surface area contributed by atoms with E-state index in [-0.39, 0.29) is 12.5 Å². The van der Waals surface area contributed by atoms with Gasteiger partial charge in [0.25, 0.3) is 0 Å². The van der Waals surface area contributed by atoms with E-state index in [2.05, 4.69) is 0 Å². The molecule has 1 N–H and O–H groups in total. The molecule has 1 fully saturated rings. The number of likely N-dealkylation sites (N-methyl/N-ethyl adjacent to an activating group) is 1. The maximum absolute atomic E-state index is 10.5. The third-order valence-corrected chi connectivity index (χ3v) is 2.37. The molecule has 1 heterocycles. The molecule has 74 valence electrons. The topological polar surface area (TPSA) is 60.9 Å². The number of hydrogen-bond donors (Lipinski definition) is 1. The molecule has 1 unspecified atom stereocenters. The van der Waals surface area contributed by atoms with Gasteiger partial charge in [-0.25, -0.2) is 0 Å². The monoisotopic (exact) mass is 186 g/mol. The normalized spacial score (nSPS) is 24.4. The summed E-state index contributed by atoms with van der Waals surface area (Å²) in [5.41, 5.74) is 0. The molecule has 0 saturated carbocycles. The van der Waals surface area contributed by atoms with Crippen molar-refractivity contribution in [1.29, 1.82) is 0 Å². The smallest absolute Gasteiger partial charge is 0.305 e. The van der Waals surface area contributed by atoms with Gasteiger partial charge in [0.05, 0.1) is 6.42 Å². The van der Waals surface area contributed by atoms with Crippen molar-refractivity contribution in [2.75, 3.05) is 26.7 Å². The van der Waals surface area contributed by atoms with Gasteiger partial charge >= 0.3 is 5.97 Å². The van der Waals surface area contributed by atoms with E-state index in [1.807, 2.05) is 11.9 Å². The number of carbonyl (C=O) groups is 2. The molecular weight excluding hydrogens is 172 g/mol. The second kappa shape index (κ2) is 4.23. The van der Waals surface area contributed by atoms with Gasteiger partial charge in [0.2, 0.25) is 6.41 Å². The zero-order chi connectivity index (χ0) is 9.84. The van der Waals surface area contributed by atoms with Crippen molar-refractivity contribution in [3.63, 3.8) is 0 Å². The number of nitrogens with zero attached hydrogens (tertiary/aromatic N) is 2. The number of carbonyl (C=O) groups excluding carboxylic acids is 1. The Morgan fingerprint density at radius 3 is 2.85 bits per heavy atom. The van der Waals surface area contributed by atoms with Crippen molar-refractivity contribution in [3.05, 3.63) is 0 Å². The van der Waals surface area contributed by atoms with Crippen LogP contribution < -0.4 is 0 Å².